The van der Waals surface area contributed by atoms with Gasteiger partial charge in [0.15, 0.2) is 0 Å². The maximum absolute atomic E-state index is 12.8. The van der Waals surface area contributed by atoms with Crippen LogP contribution in [0.25, 0.3) is 0 Å². The van der Waals surface area contributed by atoms with Crippen LogP contribution < -0.4 is 10.6 Å². The fourth-order valence-corrected chi connectivity index (χ4v) is 4.43. The summed E-state index contributed by atoms with van der Waals surface area (Å²) in [6, 6.07) is 7.48. The maximum atomic E-state index is 12.8. The Hall–Kier alpha value is -1.87. The van der Waals surface area contributed by atoms with Gasteiger partial charge in [-0.3, -0.25) is 4.79 Å². The van der Waals surface area contributed by atoms with Gasteiger partial charge in [-0.05, 0) is 37.3 Å². The van der Waals surface area contributed by atoms with Crippen LogP contribution in [-0.2, 0) is 10.0 Å². The zero-order chi connectivity index (χ0) is 20.9. The third kappa shape index (κ3) is 4.94. The molecule has 2 rings (SSSR count). The van der Waals surface area contributed by atoms with E-state index in [9.17, 15) is 13.2 Å². The molecule has 7 nitrogen and oxygen atoms in total. The van der Waals surface area contributed by atoms with Crippen molar-refractivity contribution in [2.45, 2.75) is 25.7 Å². The van der Waals surface area contributed by atoms with E-state index in [0.717, 1.165) is 0 Å². The lowest BCUT2D eigenvalue weighted by molar-refractivity contribution is 0.102. The van der Waals surface area contributed by atoms with Crippen molar-refractivity contribution < 1.29 is 13.2 Å². The monoisotopic (exact) mass is 444 g/mol. The first kappa shape index (κ1) is 22.4. The quantitative estimate of drug-likeness (QED) is 0.597. The minimum Gasteiger partial charge on any atom is -0.384 e. The van der Waals surface area contributed by atoms with Crippen molar-refractivity contribution in [1.29, 1.82) is 0 Å². The third-order valence-electron chi connectivity index (χ3n) is 3.98. The second-order valence-electron chi connectivity index (χ2n) is 5.75. The van der Waals surface area contributed by atoms with Gasteiger partial charge in [0.25, 0.3) is 5.91 Å². The van der Waals surface area contributed by atoms with Gasteiger partial charge in [-0.2, -0.15) is 4.31 Å². The van der Waals surface area contributed by atoms with Crippen LogP contribution in [0.2, 0.25) is 10.2 Å². The van der Waals surface area contributed by atoms with Crippen molar-refractivity contribution in [3.8, 4) is 0 Å². The summed E-state index contributed by atoms with van der Waals surface area (Å²) in [5.74, 6) is -0.593. The molecule has 1 aromatic heterocycles. The van der Waals surface area contributed by atoms with Crippen molar-refractivity contribution in [3.63, 3.8) is 0 Å². The van der Waals surface area contributed by atoms with E-state index >= 15 is 0 Å². The van der Waals surface area contributed by atoms with Crippen LogP contribution >= 0.6 is 23.2 Å². The van der Waals surface area contributed by atoms with Gasteiger partial charge in [0, 0.05) is 19.6 Å². The zero-order valence-corrected chi connectivity index (χ0v) is 18.1. The lowest BCUT2D eigenvalue weighted by Crippen LogP contribution is -2.30. The molecular formula is C18H22Cl2N4O3S. The van der Waals surface area contributed by atoms with Gasteiger partial charge in [-0.1, -0.05) is 37.0 Å². The van der Waals surface area contributed by atoms with E-state index in [1.54, 1.807) is 19.9 Å². The second-order valence-corrected chi connectivity index (χ2v) is 8.48. The number of pyridine rings is 1. The average Bonchev–Trinajstić information content (AvgIpc) is 2.65. The molecule has 0 fully saturated rings. The van der Waals surface area contributed by atoms with Gasteiger partial charge in [0.05, 0.1) is 21.3 Å². The van der Waals surface area contributed by atoms with E-state index in [4.69, 9.17) is 23.2 Å². The predicted octanol–water partition coefficient (Wildman–Crippen LogP) is 4.10. The molecule has 10 heteroatoms. The summed E-state index contributed by atoms with van der Waals surface area (Å²) in [7, 11) is -3.68. The van der Waals surface area contributed by atoms with Crippen LogP contribution in [0.3, 0.4) is 0 Å². The number of sulfonamides is 1. The van der Waals surface area contributed by atoms with Crippen molar-refractivity contribution in [1.82, 2.24) is 9.29 Å². The molecule has 1 aromatic carbocycles. The molecule has 0 unspecified atom stereocenters. The summed E-state index contributed by atoms with van der Waals surface area (Å²) in [6.45, 7) is 6.70. The Morgan fingerprint density at radius 1 is 1.07 bits per heavy atom. The van der Waals surface area contributed by atoms with E-state index in [1.165, 1.54) is 28.6 Å². The van der Waals surface area contributed by atoms with Gasteiger partial charge < -0.3 is 10.6 Å². The molecule has 0 spiro atoms. The Bertz CT molecular complexity index is 963. The fraction of sp³-hybridized carbons (Fsp3) is 0.333. The second kappa shape index (κ2) is 9.56. The summed E-state index contributed by atoms with van der Waals surface area (Å²) in [5, 5.41) is 6.03. The summed E-state index contributed by atoms with van der Waals surface area (Å²) >= 11 is 11.9. The Labute approximate surface area is 175 Å². The van der Waals surface area contributed by atoms with Crippen LogP contribution in [0.5, 0.6) is 0 Å². The minimum absolute atomic E-state index is 0.0476. The molecule has 0 aliphatic carbocycles. The van der Waals surface area contributed by atoms with Crippen molar-refractivity contribution in [2.75, 3.05) is 30.3 Å². The Balaban J connectivity index is 2.46. The molecular weight excluding hydrogens is 423 g/mol. The van der Waals surface area contributed by atoms with E-state index in [0.29, 0.717) is 31.0 Å². The molecule has 1 amide bonds. The summed E-state index contributed by atoms with van der Waals surface area (Å²) < 4.78 is 27.0. The number of nitrogens with zero attached hydrogens (tertiary/aromatic N) is 2. The highest BCUT2D eigenvalue weighted by Gasteiger charge is 2.23. The topological polar surface area (TPSA) is 91.4 Å². The first-order valence-electron chi connectivity index (χ1n) is 8.76. The van der Waals surface area contributed by atoms with Crippen LogP contribution in [0, 0.1) is 0 Å². The molecule has 0 saturated heterocycles. The zero-order valence-electron chi connectivity index (χ0n) is 15.8. The number of benzene rings is 1. The van der Waals surface area contributed by atoms with Crippen molar-refractivity contribution in [2.24, 2.45) is 0 Å². The largest absolute Gasteiger partial charge is 0.384 e. The number of anilines is 2. The van der Waals surface area contributed by atoms with E-state index in [2.05, 4.69) is 15.6 Å². The summed E-state index contributed by atoms with van der Waals surface area (Å²) in [6.07, 6.45) is 0. The van der Waals surface area contributed by atoms with Crippen LogP contribution in [-0.4, -0.2) is 43.2 Å². The first-order valence-corrected chi connectivity index (χ1v) is 11.0. The molecule has 0 aliphatic heterocycles. The normalized spacial score (nSPS) is 11.5. The highest BCUT2D eigenvalue weighted by molar-refractivity contribution is 7.89. The van der Waals surface area contributed by atoms with Crippen molar-refractivity contribution >= 4 is 50.5 Å². The maximum Gasteiger partial charge on any atom is 0.275 e. The molecule has 152 valence electrons. The highest BCUT2D eigenvalue weighted by atomic mass is 35.5. The summed E-state index contributed by atoms with van der Waals surface area (Å²) in [5.41, 5.74) is 0.832. The number of carbonyl (C=O) groups excluding carboxylic acids is 1. The smallest absolute Gasteiger partial charge is 0.275 e. The van der Waals surface area contributed by atoms with E-state index in [-0.39, 0.29) is 20.8 Å². The molecule has 28 heavy (non-hydrogen) atoms. The number of hydrogen-bond donors (Lipinski definition) is 2. The Kier molecular flexibility index (Phi) is 7.65. The molecule has 2 aromatic rings. The van der Waals surface area contributed by atoms with E-state index in [1.807, 2.05) is 6.92 Å². The number of amides is 1. The van der Waals surface area contributed by atoms with Crippen LogP contribution in [0.4, 0.5) is 11.4 Å². The SMILES string of the molecule is CCNc1ccc(S(=O)(=O)N(CC)CC)cc1NC(=O)c1nc(Cl)ccc1Cl. The Morgan fingerprint density at radius 3 is 2.36 bits per heavy atom. The third-order valence-corrected chi connectivity index (χ3v) is 6.54. The molecule has 0 bridgehead atoms. The number of rotatable bonds is 8. The van der Waals surface area contributed by atoms with Gasteiger partial charge >= 0.3 is 0 Å². The highest BCUT2D eigenvalue weighted by Crippen LogP contribution is 2.28. The predicted molar refractivity (Wildman–Crippen MR) is 113 cm³/mol. The van der Waals surface area contributed by atoms with Gasteiger partial charge in [0.1, 0.15) is 10.8 Å². The molecule has 0 aliphatic rings. The van der Waals surface area contributed by atoms with Gasteiger partial charge in [-0.25, -0.2) is 13.4 Å². The number of carbonyl (C=O) groups is 1. The molecule has 0 atom stereocenters. The van der Waals surface area contributed by atoms with Crippen molar-refractivity contribution in [3.05, 3.63) is 46.2 Å². The lowest BCUT2D eigenvalue weighted by atomic mass is 10.2. The molecule has 1 heterocycles. The fourth-order valence-electron chi connectivity index (χ4n) is 2.60. The number of hydrogen-bond acceptors (Lipinski definition) is 5. The standard InChI is InChI=1S/C18H22Cl2N4O3S/c1-4-21-14-9-7-12(28(26,27)24(5-2)6-3)11-15(14)22-18(25)17-13(19)8-10-16(20)23-17/h7-11,21H,4-6H2,1-3H3,(H,22,25). The number of nitrogens with one attached hydrogen (secondary N) is 2. The molecule has 0 saturated carbocycles. The minimum atomic E-state index is -3.68. The van der Waals surface area contributed by atoms with Crippen LogP contribution in [0.1, 0.15) is 31.3 Å². The molecule has 0 radical (unpaired) electrons. The number of aromatic nitrogens is 1. The average molecular weight is 445 g/mol. The van der Waals surface area contributed by atoms with E-state index < -0.39 is 15.9 Å². The molecule has 2 N–H and O–H groups in total. The van der Waals surface area contributed by atoms with Gasteiger partial charge in [0.2, 0.25) is 10.0 Å². The first-order chi connectivity index (χ1) is 13.2. The summed E-state index contributed by atoms with van der Waals surface area (Å²) in [4.78, 5) is 16.7. The lowest BCUT2D eigenvalue weighted by Gasteiger charge is -2.20. The van der Waals surface area contributed by atoms with Gasteiger partial charge in [-0.15, -0.1) is 0 Å². The number of halogens is 2. The Morgan fingerprint density at radius 2 is 1.75 bits per heavy atom. The van der Waals surface area contributed by atoms with Crippen LogP contribution in [0.15, 0.2) is 35.2 Å².